The third-order valence-corrected chi connectivity index (χ3v) is 4.45. The molecular weight excluding hydrogens is 416 g/mol. The van der Waals surface area contributed by atoms with E-state index in [0.29, 0.717) is 16.4 Å². The summed E-state index contributed by atoms with van der Waals surface area (Å²) in [5.74, 6) is -2.69. The van der Waals surface area contributed by atoms with E-state index in [1.54, 1.807) is 37.3 Å². The molecule has 8 nitrogen and oxygen atoms in total. The molecule has 30 heavy (non-hydrogen) atoms. The molecule has 1 aromatic carbocycles. The predicted octanol–water partition coefficient (Wildman–Crippen LogP) is 3.67. The van der Waals surface area contributed by atoms with Crippen LogP contribution in [0.5, 0.6) is 0 Å². The number of pyridine rings is 1. The van der Waals surface area contributed by atoms with Crippen molar-refractivity contribution in [2.45, 2.75) is 12.8 Å². The highest BCUT2D eigenvalue weighted by Crippen LogP contribution is 2.26. The molecule has 0 aliphatic rings. The Morgan fingerprint density at radius 3 is 2.77 bits per heavy atom. The lowest BCUT2D eigenvalue weighted by Gasteiger charge is -2.17. The summed E-state index contributed by atoms with van der Waals surface area (Å²) in [4.78, 5) is 8.56. The molecule has 0 spiro atoms. The Labute approximate surface area is 174 Å². The van der Waals surface area contributed by atoms with Gasteiger partial charge in [0.25, 0.3) is 11.5 Å². The number of hydrogen-bond donors (Lipinski definition) is 2. The number of alkyl halides is 2. The van der Waals surface area contributed by atoms with E-state index in [1.807, 2.05) is 0 Å². The third-order valence-electron chi connectivity index (χ3n) is 4.21. The summed E-state index contributed by atoms with van der Waals surface area (Å²) in [6.07, 6.45) is 1.03. The number of nitrogens with zero attached hydrogens (tertiary/aromatic N) is 5. The number of aryl methyl sites for hydroxylation is 1. The van der Waals surface area contributed by atoms with Crippen molar-refractivity contribution in [3.63, 3.8) is 0 Å². The minimum absolute atomic E-state index is 0.150. The van der Waals surface area contributed by atoms with Crippen LogP contribution in [0.15, 0.2) is 54.7 Å². The predicted molar refractivity (Wildman–Crippen MR) is 108 cm³/mol. The molecule has 2 N–H and O–H groups in total. The normalized spacial score (nSPS) is 11.6. The molecule has 11 heteroatoms. The van der Waals surface area contributed by atoms with Gasteiger partial charge in [-0.2, -0.15) is 23.0 Å². The van der Waals surface area contributed by atoms with Gasteiger partial charge in [-0.15, -0.1) is 5.10 Å². The maximum absolute atomic E-state index is 14.6. The van der Waals surface area contributed by atoms with Gasteiger partial charge in [-0.05, 0) is 31.2 Å². The van der Waals surface area contributed by atoms with Crippen molar-refractivity contribution < 1.29 is 13.5 Å². The number of benzene rings is 1. The van der Waals surface area contributed by atoms with E-state index >= 15 is 0 Å². The topological polar surface area (TPSA) is 94.1 Å². The fourth-order valence-corrected chi connectivity index (χ4v) is 3.05. The molecule has 0 saturated heterocycles. The maximum atomic E-state index is 14.6. The molecule has 0 aliphatic heterocycles. The molecule has 3 heterocycles. The fraction of sp³-hybridized carbons (Fsp3) is 0.158. The first-order chi connectivity index (χ1) is 14.3. The quantitative estimate of drug-likeness (QED) is 0.357. The van der Waals surface area contributed by atoms with Crippen LogP contribution in [0, 0.1) is 12.1 Å². The summed E-state index contributed by atoms with van der Waals surface area (Å²) in [6, 6.07) is 12.4. The van der Waals surface area contributed by atoms with E-state index < -0.39 is 18.2 Å². The zero-order valence-electron chi connectivity index (χ0n) is 15.7. The van der Waals surface area contributed by atoms with Crippen LogP contribution in [0.25, 0.3) is 5.78 Å². The summed E-state index contributed by atoms with van der Waals surface area (Å²) in [6.45, 7) is 0.902. The zero-order valence-corrected chi connectivity index (χ0v) is 16.4. The molecule has 4 rings (SSSR count). The maximum Gasteiger partial charge on any atom is 0.347 e. The molecule has 0 saturated carbocycles. The lowest BCUT2D eigenvalue weighted by Crippen LogP contribution is -2.41. The van der Waals surface area contributed by atoms with Crippen LogP contribution in [0.1, 0.15) is 11.4 Å². The van der Waals surface area contributed by atoms with Gasteiger partial charge in [0.05, 0.1) is 6.54 Å². The summed E-state index contributed by atoms with van der Waals surface area (Å²) >= 11 is 5.98. The van der Waals surface area contributed by atoms with Gasteiger partial charge >= 0.3 is 5.92 Å². The van der Waals surface area contributed by atoms with Gasteiger partial charge in [0, 0.05) is 34.6 Å². The van der Waals surface area contributed by atoms with E-state index in [9.17, 15) is 14.0 Å². The van der Waals surface area contributed by atoms with Gasteiger partial charge in [-0.1, -0.05) is 17.7 Å². The van der Waals surface area contributed by atoms with Crippen LogP contribution >= 0.6 is 11.6 Å². The largest absolute Gasteiger partial charge is 0.618 e. The average Bonchev–Trinajstić information content (AvgIpc) is 3.08. The van der Waals surface area contributed by atoms with E-state index in [-0.39, 0.29) is 22.3 Å². The Morgan fingerprint density at radius 2 is 2.00 bits per heavy atom. The number of halogens is 3. The van der Waals surface area contributed by atoms with Crippen molar-refractivity contribution in [1.29, 1.82) is 0 Å². The zero-order chi connectivity index (χ0) is 21.3. The SMILES string of the molecule is Cc1cc(NCC(F)(F)c2cccc[n+]2[O-])n2nc(Nc3cccc(Cl)c3)nc2n1. The van der Waals surface area contributed by atoms with E-state index in [1.165, 1.54) is 16.6 Å². The Morgan fingerprint density at radius 1 is 1.17 bits per heavy atom. The van der Waals surface area contributed by atoms with Crippen LogP contribution in [-0.4, -0.2) is 26.1 Å². The van der Waals surface area contributed by atoms with Crippen molar-refractivity contribution in [1.82, 2.24) is 19.6 Å². The molecule has 0 fully saturated rings. The van der Waals surface area contributed by atoms with Gasteiger partial charge in [-0.3, -0.25) is 0 Å². The van der Waals surface area contributed by atoms with Crippen LogP contribution in [0.4, 0.5) is 26.2 Å². The number of nitrogens with one attached hydrogen (secondary N) is 2. The van der Waals surface area contributed by atoms with Crippen LogP contribution in [0.3, 0.4) is 0 Å². The van der Waals surface area contributed by atoms with Crippen LogP contribution in [0.2, 0.25) is 5.02 Å². The lowest BCUT2D eigenvalue weighted by atomic mass is 10.2. The number of anilines is 3. The Kier molecular flexibility index (Phi) is 5.08. The van der Waals surface area contributed by atoms with Gasteiger partial charge in [0.1, 0.15) is 5.82 Å². The number of rotatable bonds is 6. The molecule has 154 valence electrons. The summed E-state index contributed by atoms with van der Waals surface area (Å²) in [7, 11) is 0. The van der Waals surface area contributed by atoms with E-state index in [0.717, 1.165) is 12.3 Å². The van der Waals surface area contributed by atoms with Crippen LogP contribution < -0.4 is 15.4 Å². The summed E-state index contributed by atoms with van der Waals surface area (Å²) < 4.78 is 30.6. The molecule has 0 amide bonds. The molecule has 0 bridgehead atoms. The number of aromatic nitrogens is 5. The smallest absolute Gasteiger partial charge is 0.347 e. The summed E-state index contributed by atoms with van der Waals surface area (Å²) in [5, 5.41) is 22.2. The van der Waals surface area contributed by atoms with E-state index in [2.05, 4.69) is 25.7 Å². The first-order valence-electron chi connectivity index (χ1n) is 8.89. The average molecular weight is 432 g/mol. The molecule has 0 unspecified atom stereocenters. The Hall–Kier alpha value is -3.53. The highest BCUT2D eigenvalue weighted by molar-refractivity contribution is 6.30. The fourth-order valence-electron chi connectivity index (χ4n) is 2.86. The second-order valence-electron chi connectivity index (χ2n) is 6.54. The first-order valence-corrected chi connectivity index (χ1v) is 9.27. The molecule has 4 aromatic rings. The number of hydrogen-bond acceptors (Lipinski definition) is 6. The third kappa shape index (κ3) is 4.08. The molecule has 0 atom stereocenters. The van der Waals surface area contributed by atoms with Crippen molar-refractivity contribution in [3.05, 3.63) is 76.3 Å². The molecule has 0 aliphatic carbocycles. The Balaban J connectivity index is 1.61. The van der Waals surface area contributed by atoms with Gasteiger partial charge in [0.15, 0.2) is 6.20 Å². The van der Waals surface area contributed by atoms with Crippen molar-refractivity contribution in [2.75, 3.05) is 17.2 Å². The monoisotopic (exact) mass is 431 g/mol. The highest BCUT2D eigenvalue weighted by atomic mass is 35.5. The minimum atomic E-state index is -3.41. The standard InChI is InChI=1S/C19H16ClF2N7O/c1-12-9-16(23-11-19(21,22)15-7-2-3-8-28(15)30)29-18(24-12)26-17(27-29)25-14-6-4-5-13(20)10-14/h2-10,23H,11H2,1H3,(H,25,27). The molecule has 0 radical (unpaired) electrons. The van der Waals surface area contributed by atoms with Gasteiger partial charge in [-0.25, -0.2) is 4.98 Å². The van der Waals surface area contributed by atoms with Crippen LogP contribution in [-0.2, 0) is 5.92 Å². The van der Waals surface area contributed by atoms with Crippen molar-refractivity contribution in [3.8, 4) is 0 Å². The Bertz CT molecular complexity index is 1210. The molecular formula is C19H16ClF2N7O. The first kappa shape index (κ1) is 19.8. The second kappa shape index (κ2) is 7.71. The number of fused-ring (bicyclic) bond motifs is 1. The van der Waals surface area contributed by atoms with Gasteiger partial charge < -0.3 is 15.8 Å². The van der Waals surface area contributed by atoms with Crippen molar-refractivity contribution >= 4 is 34.8 Å². The summed E-state index contributed by atoms with van der Waals surface area (Å²) in [5.41, 5.74) is 0.579. The van der Waals surface area contributed by atoms with E-state index in [4.69, 9.17) is 11.6 Å². The molecule has 3 aromatic heterocycles. The highest BCUT2D eigenvalue weighted by Gasteiger charge is 2.39. The second-order valence-corrected chi connectivity index (χ2v) is 6.97. The minimum Gasteiger partial charge on any atom is -0.618 e. The van der Waals surface area contributed by atoms with Gasteiger partial charge in [0.2, 0.25) is 5.95 Å². The van der Waals surface area contributed by atoms with Crippen molar-refractivity contribution in [2.24, 2.45) is 0 Å². The lowest BCUT2D eigenvalue weighted by molar-refractivity contribution is -0.624.